The summed E-state index contributed by atoms with van der Waals surface area (Å²) in [6, 6.07) is 4.41. The zero-order valence-corrected chi connectivity index (χ0v) is 17.3. The van der Waals surface area contributed by atoms with Crippen molar-refractivity contribution in [1.29, 1.82) is 0 Å². The second-order valence-electron chi connectivity index (χ2n) is 7.86. The average molecular weight is 404 g/mol. The monoisotopic (exact) mass is 403 g/mol. The van der Waals surface area contributed by atoms with E-state index in [4.69, 9.17) is 11.6 Å². The molecular formula is C18H27ClFN3O2S. The van der Waals surface area contributed by atoms with Crippen LogP contribution in [0.15, 0.2) is 23.2 Å². The molecule has 0 saturated heterocycles. The summed E-state index contributed by atoms with van der Waals surface area (Å²) in [4.78, 5) is 4.20. The Balaban J connectivity index is 1.94. The summed E-state index contributed by atoms with van der Waals surface area (Å²) in [5.74, 6) is 0.442. The molecule has 0 amide bonds. The highest BCUT2D eigenvalue weighted by atomic mass is 35.5. The Bertz CT molecular complexity index is 790. The Morgan fingerprint density at radius 1 is 1.35 bits per heavy atom. The van der Waals surface area contributed by atoms with Gasteiger partial charge in [-0.25, -0.2) is 12.8 Å². The molecule has 2 rings (SSSR count). The van der Waals surface area contributed by atoms with E-state index < -0.39 is 9.84 Å². The minimum Gasteiger partial charge on any atom is -0.356 e. The van der Waals surface area contributed by atoms with E-state index in [2.05, 4.69) is 15.6 Å². The molecule has 0 spiro atoms. The number of rotatable bonds is 7. The van der Waals surface area contributed by atoms with E-state index in [-0.39, 0.29) is 22.4 Å². The maximum absolute atomic E-state index is 13.3. The average Bonchev–Trinajstić information content (AvgIpc) is 3.24. The number of aliphatic imine (C=N–C) groups is 1. The van der Waals surface area contributed by atoms with Gasteiger partial charge in [-0.1, -0.05) is 31.5 Å². The van der Waals surface area contributed by atoms with Gasteiger partial charge in [0, 0.05) is 42.2 Å². The number of hydrogen-bond acceptors (Lipinski definition) is 3. The first-order valence-corrected chi connectivity index (χ1v) is 11.0. The van der Waals surface area contributed by atoms with E-state index in [1.165, 1.54) is 18.4 Å². The SMILES string of the molecule is CN=C(NCC1(CS(C)(=O)=O)CC1)NCC(C)(C)c1ccc(F)cc1Cl. The van der Waals surface area contributed by atoms with E-state index in [0.29, 0.717) is 24.1 Å². The number of sulfone groups is 1. The Labute approximate surface area is 160 Å². The number of nitrogens with one attached hydrogen (secondary N) is 2. The van der Waals surface area contributed by atoms with Gasteiger partial charge in [0.25, 0.3) is 0 Å². The molecule has 1 aliphatic rings. The molecule has 8 heteroatoms. The van der Waals surface area contributed by atoms with Crippen LogP contribution in [0.1, 0.15) is 32.3 Å². The van der Waals surface area contributed by atoms with Gasteiger partial charge in [-0.05, 0) is 30.5 Å². The summed E-state index contributed by atoms with van der Waals surface area (Å²) in [7, 11) is -1.33. The van der Waals surface area contributed by atoms with Gasteiger partial charge in [0.15, 0.2) is 5.96 Å². The van der Waals surface area contributed by atoms with Crippen LogP contribution in [-0.4, -0.2) is 46.5 Å². The predicted molar refractivity (Wildman–Crippen MR) is 105 cm³/mol. The Hall–Kier alpha value is -1.34. The third-order valence-electron chi connectivity index (χ3n) is 4.74. The fourth-order valence-corrected chi connectivity index (χ4v) is 4.96. The van der Waals surface area contributed by atoms with Gasteiger partial charge < -0.3 is 10.6 Å². The smallest absolute Gasteiger partial charge is 0.191 e. The molecule has 1 fully saturated rings. The first-order chi connectivity index (χ1) is 12.0. The fourth-order valence-electron chi connectivity index (χ4n) is 3.04. The van der Waals surface area contributed by atoms with Gasteiger partial charge >= 0.3 is 0 Å². The molecule has 0 unspecified atom stereocenters. The quantitative estimate of drug-likeness (QED) is 0.542. The van der Waals surface area contributed by atoms with Crippen LogP contribution in [0.5, 0.6) is 0 Å². The van der Waals surface area contributed by atoms with E-state index >= 15 is 0 Å². The molecule has 1 saturated carbocycles. The minimum absolute atomic E-state index is 0.180. The summed E-state index contributed by atoms with van der Waals surface area (Å²) >= 11 is 6.18. The summed E-state index contributed by atoms with van der Waals surface area (Å²) < 4.78 is 36.4. The predicted octanol–water partition coefficient (Wildman–Crippen LogP) is 2.75. The molecule has 2 N–H and O–H groups in total. The minimum atomic E-state index is -3.00. The molecular weight excluding hydrogens is 377 g/mol. The Morgan fingerprint density at radius 3 is 2.50 bits per heavy atom. The Kier molecular flexibility index (Phi) is 6.23. The lowest BCUT2D eigenvalue weighted by molar-refractivity contribution is 0.497. The normalized spacial score (nSPS) is 17.1. The van der Waals surface area contributed by atoms with Gasteiger partial charge in [-0.2, -0.15) is 0 Å². The van der Waals surface area contributed by atoms with Crippen molar-refractivity contribution in [2.24, 2.45) is 10.4 Å². The third kappa shape index (κ3) is 5.84. The zero-order chi connectivity index (χ0) is 19.6. The van der Waals surface area contributed by atoms with Gasteiger partial charge in [0.2, 0.25) is 0 Å². The van der Waals surface area contributed by atoms with Crippen molar-refractivity contribution >= 4 is 27.4 Å². The summed E-state index contributed by atoms with van der Waals surface area (Å²) in [5.41, 5.74) is 0.326. The van der Waals surface area contributed by atoms with Gasteiger partial charge in [-0.15, -0.1) is 0 Å². The number of hydrogen-bond donors (Lipinski definition) is 2. The molecule has 0 heterocycles. The highest BCUT2D eigenvalue weighted by Gasteiger charge is 2.45. The largest absolute Gasteiger partial charge is 0.356 e. The molecule has 1 aromatic rings. The Morgan fingerprint density at radius 2 is 2.00 bits per heavy atom. The maximum atomic E-state index is 13.3. The topological polar surface area (TPSA) is 70.6 Å². The van der Waals surface area contributed by atoms with Crippen LogP contribution in [0.4, 0.5) is 4.39 Å². The van der Waals surface area contributed by atoms with E-state index in [0.717, 1.165) is 18.4 Å². The molecule has 5 nitrogen and oxygen atoms in total. The third-order valence-corrected chi connectivity index (χ3v) is 6.19. The standard InChI is InChI=1S/C18H27ClFN3O2S/c1-17(2,14-6-5-13(20)9-15(14)19)10-22-16(21-3)23-11-18(7-8-18)12-26(4,24)25/h5-6,9H,7-8,10-12H2,1-4H3,(H2,21,22,23). The van der Waals surface area contributed by atoms with Crippen LogP contribution in [0, 0.1) is 11.2 Å². The molecule has 1 aromatic carbocycles. The fraction of sp³-hybridized carbons (Fsp3) is 0.611. The van der Waals surface area contributed by atoms with Gasteiger partial charge in [0.05, 0.1) is 5.75 Å². The molecule has 26 heavy (non-hydrogen) atoms. The second-order valence-corrected chi connectivity index (χ2v) is 10.4. The first-order valence-electron chi connectivity index (χ1n) is 8.54. The number of guanidine groups is 1. The molecule has 0 aromatic heterocycles. The number of halogens is 2. The van der Waals surface area contributed by atoms with Crippen LogP contribution < -0.4 is 10.6 Å². The summed E-state index contributed by atoms with van der Waals surface area (Å²) in [6.45, 7) is 5.13. The maximum Gasteiger partial charge on any atom is 0.191 e. The molecule has 0 radical (unpaired) electrons. The molecule has 0 atom stereocenters. The van der Waals surface area contributed by atoms with E-state index in [1.807, 2.05) is 13.8 Å². The summed E-state index contributed by atoms with van der Waals surface area (Å²) in [6.07, 6.45) is 3.08. The van der Waals surface area contributed by atoms with Gasteiger partial charge in [-0.3, -0.25) is 4.99 Å². The van der Waals surface area contributed by atoms with Crippen LogP contribution in [0.2, 0.25) is 5.02 Å². The molecule has 0 bridgehead atoms. The van der Waals surface area contributed by atoms with Crippen LogP contribution >= 0.6 is 11.6 Å². The van der Waals surface area contributed by atoms with Crippen molar-refractivity contribution in [2.45, 2.75) is 32.1 Å². The first kappa shape index (κ1) is 21.0. The van der Waals surface area contributed by atoms with E-state index in [1.54, 1.807) is 13.1 Å². The van der Waals surface area contributed by atoms with Crippen LogP contribution in [-0.2, 0) is 15.3 Å². The molecule has 0 aliphatic heterocycles. The highest BCUT2D eigenvalue weighted by Crippen LogP contribution is 2.46. The van der Waals surface area contributed by atoms with E-state index in [9.17, 15) is 12.8 Å². The lowest BCUT2D eigenvalue weighted by Gasteiger charge is -2.28. The number of nitrogens with zero attached hydrogens (tertiary/aromatic N) is 1. The molecule has 146 valence electrons. The molecule has 1 aliphatic carbocycles. The summed E-state index contributed by atoms with van der Waals surface area (Å²) in [5, 5.41) is 6.87. The lowest BCUT2D eigenvalue weighted by atomic mass is 9.84. The van der Waals surface area contributed by atoms with Crippen molar-refractivity contribution in [3.05, 3.63) is 34.6 Å². The van der Waals surface area contributed by atoms with Crippen LogP contribution in [0.25, 0.3) is 0 Å². The number of benzene rings is 1. The van der Waals surface area contributed by atoms with Crippen molar-refractivity contribution < 1.29 is 12.8 Å². The zero-order valence-electron chi connectivity index (χ0n) is 15.7. The van der Waals surface area contributed by atoms with Crippen molar-refractivity contribution in [1.82, 2.24) is 10.6 Å². The van der Waals surface area contributed by atoms with Crippen LogP contribution in [0.3, 0.4) is 0 Å². The second kappa shape index (κ2) is 7.72. The van der Waals surface area contributed by atoms with Gasteiger partial charge in [0.1, 0.15) is 15.7 Å². The lowest BCUT2D eigenvalue weighted by Crippen LogP contribution is -2.45. The van der Waals surface area contributed by atoms with Crippen molar-refractivity contribution in [3.63, 3.8) is 0 Å². The highest BCUT2D eigenvalue weighted by molar-refractivity contribution is 7.90. The van der Waals surface area contributed by atoms with Crippen molar-refractivity contribution in [3.8, 4) is 0 Å². The van der Waals surface area contributed by atoms with Crippen molar-refractivity contribution in [2.75, 3.05) is 32.1 Å².